The van der Waals surface area contributed by atoms with Crippen LogP contribution in [0.5, 0.6) is 5.75 Å². The molecule has 0 unspecified atom stereocenters. The molecule has 3 atom stereocenters. The highest BCUT2D eigenvalue weighted by Gasteiger charge is 2.41. The Morgan fingerprint density at radius 3 is 2.50 bits per heavy atom. The predicted molar refractivity (Wildman–Crippen MR) is 124 cm³/mol. The first-order chi connectivity index (χ1) is 15.5. The van der Waals surface area contributed by atoms with E-state index >= 15 is 0 Å². The summed E-state index contributed by atoms with van der Waals surface area (Å²) in [5.74, 6) is 1.58. The van der Waals surface area contributed by atoms with Crippen molar-refractivity contribution in [2.24, 2.45) is 11.8 Å². The van der Waals surface area contributed by atoms with Crippen LogP contribution in [0, 0.1) is 17.7 Å². The zero-order valence-corrected chi connectivity index (χ0v) is 19.0. The molecule has 1 amide bonds. The molecule has 0 saturated carbocycles. The summed E-state index contributed by atoms with van der Waals surface area (Å²) in [6, 6.07) is 13.5. The molecule has 2 aliphatic heterocycles. The first-order valence-electron chi connectivity index (χ1n) is 11.7. The number of benzene rings is 2. The number of rotatable bonds is 3. The van der Waals surface area contributed by atoms with Crippen LogP contribution in [0.2, 0.25) is 0 Å². The Kier molecular flexibility index (Phi) is 5.80. The highest BCUT2D eigenvalue weighted by molar-refractivity contribution is 5.79. The predicted octanol–water partition coefficient (Wildman–Crippen LogP) is 3.22. The average Bonchev–Trinajstić information content (AvgIpc) is 2.82. The van der Waals surface area contributed by atoms with Crippen LogP contribution in [0.25, 0.3) is 0 Å². The van der Waals surface area contributed by atoms with Crippen molar-refractivity contribution in [1.29, 1.82) is 0 Å². The van der Waals surface area contributed by atoms with Gasteiger partial charge in [-0.15, -0.1) is 0 Å². The Morgan fingerprint density at radius 2 is 1.78 bits per heavy atom. The second-order valence-corrected chi connectivity index (χ2v) is 9.49. The summed E-state index contributed by atoms with van der Waals surface area (Å²) in [4.78, 5) is 20.1. The van der Waals surface area contributed by atoms with E-state index in [0.717, 1.165) is 63.4 Å². The molecule has 5 nitrogen and oxygen atoms in total. The Hall–Kier alpha value is -2.60. The van der Waals surface area contributed by atoms with Gasteiger partial charge in [-0.05, 0) is 73.7 Å². The SMILES string of the molecule is COc1cccc2c1C[C@H]1C[C@@H](C(=O)N3CCN(c4ccc(F)cc4)CC3)CN(C)[C@@H]1C2. The van der Waals surface area contributed by atoms with Gasteiger partial charge in [-0.1, -0.05) is 12.1 Å². The minimum absolute atomic E-state index is 0.0508. The minimum atomic E-state index is -0.217. The second kappa shape index (κ2) is 8.74. The number of hydrogen-bond acceptors (Lipinski definition) is 4. The van der Waals surface area contributed by atoms with E-state index in [1.165, 1.54) is 23.3 Å². The molecule has 1 aliphatic carbocycles. The molecule has 3 aliphatic rings. The smallest absolute Gasteiger partial charge is 0.227 e. The quantitative estimate of drug-likeness (QED) is 0.739. The zero-order chi connectivity index (χ0) is 22.2. The van der Waals surface area contributed by atoms with Gasteiger partial charge in [0.1, 0.15) is 11.6 Å². The van der Waals surface area contributed by atoms with Crippen LogP contribution in [-0.2, 0) is 17.6 Å². The van der Waals surface area contributed by atoms with Gasteiger partial charge < -0.3 is 19.4 Å². The number of carbonyl (C=O) groups excluding carboxylic acids is 1. The van der Waals surface area contributed by atoms with E-state index in [9.17, 15) is 9.18 Å². The summed E-state index contributed by atoms with van der Waals surface area (Å²) in [5, 5.41) is 0. The first-order valence-corrected chi connectivity index (χ1v) is 11.7. The van der Waals surface area contributed by atoms with E-state index < -0.39 is 0 Å². The van der Waals surface area contributed by atoms with Crippen molar-refractivity contribution in [3.63, 3.8) is 0 Å². The number of hydrogen-bond donors (Lipinski definition) is 0. The van der Waals surface area contributed by atoms with Crippen molar-refractivity contribution in [2.45, 2.75) is 25.3 Å². The van der Waals surface area contributed by atoms with Crippen LogP contribution in [0.1, 0.15) is 17.5 Å². The number of piperazine rings is 1. The van der Waals surface area contributed by atoms with Gasteiger partial charge in [0.05, 0.1) is 13.0 Å². The van der Waals surface area contributed by atoms with Crippen molar-refractivity contribution in [3.05, 3.63) is 59.4 Å². The summed E-state index contributed by atoms with van der Waals surface area (Å²) in [6.45, 7) is 3.85. The number of nitrogens with zero attached hydrogens (tertiary/aromatic N) is 3. The number of methoxy groups -OCH3 is 1. The fourth-order valence-corrected chi connectivity index (χ4v) is 5.97. The van der Waals surface area contributed by atoms with Crippen LogP contribution in [0.4, 0.5) is 10.1 Å². The molecule has 2 saturated heterocycles. The lowest BCUT2D eigenvalue weighted by molar-refractivity contribution is -0.139. The van der Waals surface area contributed by atoms with Crippen molar-refractivity contribution in [3.8, 4) is 5.75 Å². The fourth-order valence-electron chi connectivity index (χ4n) is 5.97. The van der Waals surface area contributed by atoms with Gasteiger partial charge in [0, 0.05) is 44.5 Å². The average molecular weight is 438 g/mol. The minimum Gasteiger partial charge on any atom is -0.496 e. The first kappa shape index (κ1) is 21.3. The molecule has 0 radical (unpaired) electrons. The molecule has 6 heteroatoms. The number of anilines is 1. The Morgan fingerprint density at radius 1 is 1.03 bits per heavy atom. The molecule has 2 heterocycles. The number of carbonyl (C=O) groups is 1. The molecule has 170 valence electrons. The van der Waals surface area contributed by atoms with Crippen LogP contribution < -0.4 is 9.64 Å². The van der Waals surface area contributed by atoms with E-state index in [2.05, 4.69) is 35.0 Å². The van der Waals surface area contributed by atoms with Gasteiger partial charge in [0.25, 0.3) is 0 Å². The van der Waals surface area contributed by atoms with Crippen LogP contribution in [-0.4, -0.2) is 68.6 Å². The Bertz CT molecular complexity index is 972. The maximum absolute atomic E-state index is 13.4. The van der Waals surface area contributed by atoms with E-state index in [0.29, 0.717) is 17.9 Å². The lowest BCUT2D eigenvalue weighted by Crippen LogP contribution is -2.56. The van der Waals surface area contributed by atoms with Gasteiger partial charge in [-0.3, -0.25) is 4.79 Å². The third kappa shape index (κ3) is 3.96. The Balaban J connectivity index is 1.24. The molecular formula is C26H32FN3O2. The van der Waals surface area contributed by atoms with E-state index in [1.54, 1.807) is 7.11 Å². The van der Waals surface area contributed by atoms with Crippen molar-refractivity contribution in [2.75, 3.05) is 51.8 Å². The molecular weight excluding hydrogens is 405 g/mol. The van der Waals surface area contributed by atoms with Gasteiger partial charge in [-0.2, -0.15) is 0 Å². The van der Waals surface area contributed by atoms with Crippen LogP contribution in [0.3, 0.4) is 0 Å². The zero-order valence-electron chi connectivity index (χ0n) is 19.0. The Labute approximate surface area is 189 Å². The maximum atomic E-state index is 13.4. The molecule has 5 rings (SSSR count). The number of piperidine rings is 1. The molecule has 32 heavy (non-hydrogen) atoms. The molecule has 0 bridgehead atoms. The van der Waals surface area contributed by atoms with Gasteiger partial charge in [0.2, 0.25) is 5.91 Å². The molecule has 0 aromatic heterocycles. The number of likely N-dealkylation sites (tertiary alicyclic amines) is 1. The fraction of sp³-hybridized carbons (Fsp3) is 0.500. The van der Waals surface area contributed by atoms with Gasteiger partial charge in [0.15, 0.2) is 0 Å². The van der Waals surface area contributed by atoms with E-state index in [1.807, 2.05) is 17.0 Å². The largest absolute Gasteiger partial charge is 0.496 e. The normalized spacial score (nSPS) is 25.8. The summed E-state index contributed by atoms with van der Waals surface area (Å²) in [7, 11) is 3.92. The number of amides is 1. The van der Waals surface area contributed by atoms with E-state index in [4.69, 9.17) is 4.74 Å². The second-order valence-electron chi connectivity index (χ2n) is 9.49. The van der Waals surface area contributed by atoms with Crippen LogP contribution >= 0.6 is 0 Å². The summed E-state index contributed by atoms with van der Waals surface area (Å²) in [6.07, 6.45) is 2.96. The summed E-state index contributed by atoms with van der Waals surface area (Å²) >= 11 is 0. The third-order valence-electron chi connectivity index (χ3n) is 7.68. The molecule has 0 N–H and O–H groups in total. The summed E-state index contributed by atoms with van der Waals surface area (Å²) in [5.41, 5.74) is 3.73. The number of ether oxygens (including phenoxy) is 1. The van der Waals surface area contributed by atoms with Crippen molar-refractivity contribution in [1.82, 2.24) is 9.80 Å². The van der Waals surface area contributed by atoms with E-state index in [-0.39, 0.29) is 11.7 Å². The number of halogens is 1. The van der Waals surface area contributed by atoms with Crippen molar-refractivity contribution >= 4 is 11.6 Å². The monoisotopic (exact) mass is 437 g/mol. The van der Waals surface area contributed by atoms with Crippen molar-refractivity contribution < 1.29 is 13.9 Å². The summed E-state index contributed by atoms with van der Waals surface area (Å²) < 4.78 is 18.8. The lowest BCUT2D eigenvalue weighted by Gasteiger charge is -2.47. The number of fused-ring (bicyclic) bond motifs is 2. The topological polar surface area (TPSA) is 36.0 Å². The molecule has 2 fully saturated rings. The maximum Gasteiger partial charge on any atom is 0.227 e. The third-order valence-corrected chi connectivity index (χ3v) is 7.68. The highest BCUT2D eigenvalue weighted by Crippen LogP contribution is 2.40. The van der Waals surface area contributed by atoms with Gasteiger partial charge in [-0.25, -0.2) is 4.39 Å². The number of likely N-dealkylation sites (N-methyl/N-ethyl adjacent to an activating group) is 1. The van der Waals surface area contributed by atoms with Crippen LogP contribution in [0.15, 0.2) is 42.5 Å². The highest BCUT2D eigenvalue weighted by atomic mass is 19.1. The molecule has 0 spiro atoms. The van der Waals surface area contributed by atoms with Gasteiger partial charge >= 0.3 is 0 Å². The lowest BCUT2D eigenvalue weighted by atomic mass is 9.72. The molecule has 2 aromatic carbocycles. The standard InChI is InChI=1S/C26H32FN3O2/c1-28-17-20(14-19-15-23-18(16-24(19)28)4-3-5-25(23)32-2)26(31)30-12-10-29(11-13-30)22-8-6-21(27)7-9-22/h3-9,19-20,24H,10-17H2,1-2H3/t19-,20-,24-/m1/s1. The molecule has 2 aromatic rings.